The standard InChI is InChI=1S/C20H26N2OS/c1-4-5-10-20(11-12-21,19-13-15(2)24-16(19)3)23-18-8-6-17(14-22)7-9-18/h6-9,13H,4-5,10-12,21H2,1-3H3. The van der Waals surface area contributed by atoms with E-state index >= 15 is 0 Å². The minimum Gasteiger partial charge on any atom is -0.482 e. The number of nitriles is 1. The van der Waals surface area contributed by atoms with Crippen LogP contribution >= 0.6 is 11.3 Å². The zero-order valence-electron chi connectivity index (χ0n) is 14.8. The van der Waals surface area contributed by atoms with Crippen LogP contribution in [0.1, 0.15) is 53.5 Å². The fourth-order valence-electron chi connectivity index (χ4n) is 3.15. The number of unbranched alkanes of at least 4 members (excludes halogenated alkanes) is 1. The molecule has 4 heteroatoms. The summed E-state index contributed by atoms with van der Waals surface area (Å²) in [4.78, 5) is 2.59. The molecule has 0 amide bonds. The molecule has 0 aliphatic carbocycles. The number of hydrogen-bond donors (Lipinski definition) is 1. The number of rotatable bonds is 8. The second kappa shape index (κ2) is 8.32. The van der Waals surface area contributed by atoms with E-state index in [4.69, 9.17) is 15.7 Å². The summed E-state index contributed by atoms with van der Waals surface area (Å²) in [5.74, 6) is 0.793. The molecule has 128 valence electrons. The Bertz CT molecular complexity index is 699. The van der Waals surface area contributed by atoms with Gasteiger partial charge < -0.3 is 10.5 Å². The Balaban J connectivity index is 2.43. The highest BCUT2D eigenvalue weighted by molar-refractivity contribution is 7.12. The average molecular weight is 343 g/mol. The number of nitrogens with zero attached hydrogens (tertiary/aromatic N) is 1. The molecule has 24 heavy (non-hydrogen) atoms. The van der Waals surface area contributed by atoms with Crippen molar-refractivity contribution >= 4 is 11.3 Å². The molecule has 0 saturated heterocycles. The molecule has 1 aromatic carbocycles. The van der Waals surface area contributed by atoms with Crippen molar-refractivity contribution in [1.29, 1.82) is 5.26 Å². The predicted molar refractivity (Wildman–Crippen MR) is 100 cm³/mol. The van der Waals surface area contributed by atoms with Gasteiger partial charge in [-0.2, -0.15) is 5.26 Å². The van der Waals surface area contributed by atoms with Gasteiger partial charge in [-0.05, 0) is 63.6 Å². The summed E-state index contributed by atoms with van der Waals surface area (Å²) in [6.45, 7) is 7.07. The van der Waals surface area contributed by atoms with Crippen LogP contribution in [0.3, 0.4) is 0 Å². The first-order chi connectivity index (χ1) is 11.5. The van der Waals surface area contributed by atoms with Gasteiger partial charge in [-0.3, -0.25) is 0 Å². The van der Waals surface area contributed by atoms with E-state index in [1.807, 2.05) is 23.5 Å². The summed E-state index contributed by atoms with van der Waals surface area (Å²) >= 11 is 1.81. The molecule has 0 bridgehead atoms. The van der Waals surface area contributed by atoms with Gasteiger partial charge in [0.2, 0.25) is 0 Å². The van der Waals surface area contributed by atoms with Crippen molar-refractivity contribution in [3.63, 3.8) is 0 Å². The predicted octanol–water partition coefficient (Wildman–Crippen LogP) is 5.05. The molecule has 0 aliphatic rings. The second-order valence-electron chi connectivity index (χ2n) is 6.20. The highest BCUT2D eigenvalue weighted by Gasteiger charge is 2.35. The van der Waals surface area contributed by atoms with Crippen molar-refractivity contribution in [1.82, 2.24) is 0 Å². The molecular formula is C20H26N2OS. The van der Waals surface area contributed by atoms with Crippen molar-refractivity contribution in [3.05, 3.63) is 51.2 Å². The molecule has 1 aromatic heterocycles. The lowest BCUT2D eigenvalue weighted by Gasteiger charge is -2.35. The van der Waals surface area contributed by atoms with Crippen molar-refractivity contribution in [2.24, 2.45) is 5.73 Å². The van der Waals surface area contributed by atoms with E-state index in [0.29, 0.717) is 12.1 Å². The smallest absolute Gasteiger partial charge is 0.136 e. The first-order valence-electron chi connectivity index (χ1n) is 8.51. The summed E-state index contributed by atoms with van der Waals surface area (Å²) in [5.41, 5.74) is 7.46. The largest absolute Gasteiger partial charge is 0.482 e. The Kier molecular flexibility index (Phi) is 6.42. The molecule has 2 N–H and O–H groups in total. The van der Waals surface area contributed by atoms with E-state index in [1.165, 1.54) is 15.3 Å². The Morgan fingerprint density at radius 2 is 1.92 bits per heavy atom. The van der Waals surface area contributed by atoms with Crippen LogP contribution in [0.25, 0.3) is 0 Å². The summed E-state index contributed by atoms with van der Waals surface area (Å²) < 4.78 is 6.54. The maximum atomic E-state index is 8.97. The Morgan fingerprint density at radius 3 is 2.42 bits per heavy atom. The van der Waals surface area contributed by atoms with Gasteiger partial charge in [-0.1, -0.05) is 13.3 Å². The number of thiophene rings is 1. The normalized spacial score (nSPS) is 13.3. The Morgan fingerprint density at radius 1 is 1.21 bits per heavy atom. The number of benzene rings is 1. The van der Waals surface area contributed by atoms with Crippen LogP contribution < -0.4 is 10.5 Å². The zero-order chi connectivity index (χ0) is 17.6. The van der Waals surface area contributed by atoms with Crippen LogP contribution in [-0.2, 0) is 5.60 Å². The minimum absolute atomic E-state index is 0.395. The fourth-order valence-corrected chi connectivity index (χ4v) is 4.17. The summed E-state index contributed by atoms with van der Waals surface area (Å²) in [5, 5.41) is 8.97. The Labute approximate surface area is 149 Å². The van der Waals surface area contributed by atoms with Crippen molar-refractivity contribution in [3.8, 4) is 11.8 Å². The molecule has 1 unspecified atom stereocenters. The molecule has 0 fully saturated rings. The quantitative estimate of drug-likeness (QED) is 0.730. The lowest BCUT2D eigenvalue weighted by molar-refractivity contribution is 0.0468. The molecular weight excluding hydrogens is 316 g/mol. The molecule has 0 radical (unpaired) electrons. The van der Waals surface area contributed by atoms with Crippen LogP contribution in [0.5, 0.6) is 5.75 Å². The first-order valence-corrected chi connectivity index (χ1v) is 9.33. The highest BCUT2D eigenvalue weighted by Crippen LogP contribution is 2.40. The van der Waals surface area contributed by atoms with Crippen LogP contribution in [0.2, 0.25) is 0 Å². The lowest BCUT2D eigenvalue weighted by atomic mass is 9.85. The van der Waals surface area contributed by atoms with E-state index in [9.17, 15) is 0 Å². The molecule has 2 aromatic rings. The number of ether oxygens (including phenoxy) is 1. The minimum atomic E-state index is -0.395. The molecule has 2 rings (SSSR count). The van der Waals surface area contributed by atoms with Gasteiger partial charge in [0.25, 0.3) is 0 Å². The van der Waals surface area contributed by atoms with E-state index in [0.717, 1.165) is 31.4 Å². The number of nitrogens with two attached hydrogens (primary N) is 1. The van der Waals surface area contributed by atoms with Crippen LogP contribution in [0.15, 0.2) is 30.3 Å². The molecule has 1 heterocycles. The topological polar surface area (TPSA) is 59.0 Å². The Hall–Kier alpha value is -1.83. The summed E-state index contributed by atoms with van der Waals surface area (Å²) in [6, 6.07) is 11.7. The van der Waals surface area contributed by atoms with E-state index in [1.54, 1.807) is 12.1 Å². The van der Waals surface area contributed by atoms with Gasteiger partial charge in [0.15, 0.2) is 0 Å². The van der Waals surface area contributed by atoms with Crippen LogP contribution in [0, 0.1) is 25.2 Å². The van der Waals surface area contributed by atoms with E-state index in [-0.39, 0.29) is 0 Å². The summed E-state index contributed by atoms with van der Waals surface area (Å²) in [6.07, 6.45) is 3.93. The van der Waals surface area contributed by atoms with E-state index < -0.39 is 5.60 Å². The van der Waals surface area contributed by atoms with Gasteiger partial charge in [0, 0.05) is 21.7 Å². The van der Waals surface area contributed by atoms with Crippen molar-refractivity contribution in [2.75, 3.05) is 6.54 Å². The lowest BCUT2D eigenvalue weighted by Crippen LogP contribution is -2.36. The summed E-state index contributed by atoms with van der Waals surface area (Å²) in [7, 11) is 0. The van der Waals surface area contributed by atoms with Crippen molar-refractivity contribution in [2.45, 2.75) is 52.1 Å². The zero-order valence-corrected chi connectivity index (χ0v) is 15.6. The monoisotopic (exact) mass is 342 g/mol. The highest BCUT2D eigenvalue weighted by atomic mass is 32.1. The number of aryl methyl sites for hydroxylation is 2. The fraction of sp³-hybridized carbons (Fsp3) is 0.450. The average Bonchev–Trinajstić information content (AvgIpc) is 2.92. The van der Waals surface area contributed by atoms with Gasteiger partial charge in [0.1, 0.15) is 11.4 Å². The van der Waals surface area contributed by atoms with Crippen LogP contribution in [-0.4, -0.2) is 6.54 Å². The third-order valence-corrected chi connectivity index (χ3v) is 5.28. The maximum absolute atomic E-state index is 8.97. The van der Waals surface area contributed by atoms with Gasteiger partial charge in [-0.25, -0.2) is 0 Å². The maximum Gasteiger partial charge on any atom is 0.136 e. The van der Waals surface area contributed by atoms with Gasteiger partial charge in [-0.15, -0.1) is 11.3 Å². The van der Waals surface area contributed by atoms with Gasteiger partial charge in [0.05, 0.1) is 11.6 Å². The third-order valence-electron chi connectivity index (χ3n) is 4.31. The second-order valence-corrected chi connectivity index (χ2v) is 7.66. The third kappa shape index (κ3) is 4.17. The molecule has 0 saturated carbocycles. The van der Waals surface area contributed by atoms with E-state index in [2.05, 4.69) is 32.9 Å². The van der Waals surface area contributed by atoms with Gasteiger partial charge >= 0.3 is 0 Å². The molecule has 0 aliphatic heterocycles. The SMILES string of the molecule is CCCCC(CCN)(Oc1ccc(C#N)cc1)c1cc(C)sc1C. The molecule has 3 nitrogen and oxygen atoms in total. The number of hydrogen-bond acceptors (Lipinski definition) is 4. The van der Waals surface area contributed by atoms with Crippen LogP contribution in [0.4, 0.5) is 0 Å². The van der Waals surface area contributed by atoms with Crippen molar-refractivity contribution < 1.29 is 4.74 Å². The molecule has 0 spiro atoms. The molecule has 1 atom stereocenters. The first kappa shape index (κ1) is 18.5.